The summed E-state index contributed by atoms with van der Waals surface area (Å²) in [7, 11) is 0.818. The molecule has 2 aliphatic rings. The molecule has 2 aromatic carbocycles. The van der Waals surface area contributed by atoms with Crippen molar-refractivity contribution < 1.29 is 22.9 Å². The van der Waals surface area contributed by atoms with Crippen LogP contribution in [-0.4, -0.2) is 0 Å². The van der Waals surface area contributed by atoms with E-state index in [-0.39, 0.29) is 8.33 Å². The van der Waals surface area contributed by atoms with E-state index in [1.165, 1.54) is 22.0 Å². The van der Waals surface area contributed by atoms with E-state index in [9.17, 15) is 0 Å². The van der Waals surface area contributed by atoms with Gasteiger partial charge in [-0.2, -0.15) is 0 Å². The standard InChI is InChI=1S/C16H14P.C10H15.Hf/c1-12-6-2-5-9-15(12)17-16-11-10-13-7-3-4-8-14(13)16;1-7-6-10(4,5)9(3)8(7)2;/h2-11,17H,1H3;1-5H3;. The van der Waals surface area contributed by atoms with Crippen molar-refractivity contribution in [1.82, 2.24) is 0 Å². The fourth-order valence-corrected chi connectivity index (χ4v) is 15.6. The van der Waals surface area contributed by atoms with Crippen molar-refractivity contribution in [2.45, 2.75) is 44.5 Å². The van der Waals surface area contributed by atoms with Crippen LogP contribution < -0.4 is 5.30 Å². The van der Waals surface area contributed by atoms with E-state index in [1.54, 1.807) is 16.7 Å². The molecule has 0 aromatic heterocycles. The van der Waals surface area contributed by atoms with Crippen LogP contribution in [0, 0.1) is 12.3 Å². The van der Waals surface area contributed by atoms with Gasteiger partial charge in [0.1, 0.15) is 0 Å². The first-order valence-corrected chi connectivity index (χ1v) is 14.7. The number of fused-ring (bicyclic) bond motifs is 1. The van der Waals surface area contributed by atoms with Crippen molar-refractivity contribution in [1.29, 1.82) is 0 Å². The SMILES string of the molecule is CC1=C(C)C(C)(C)[C]([Hf][C]2(Pc3ccccc3C)C=Cc3ccccc32)=C1C. The van der Waals surface area contributed by atoms with Crippen LogP contribution in [0.3, 0.4) is 0 Å². The molecule has 4 rings (SSSR count). The molecule has 142 valence electrons. The molecule has 0 N–H and O–H groups in total. The minimum atomic E-state index is -1.23. The molecule has 2 unspecified atom stereocenters. The molecule has 0 fully saturated rings. The molecule has 0 saturated carbocycles. The van der Waals surface area contributed by atoms with Crippen molar-refractivity contribution in [2.75, 3.05) is 0 Å². The molecule has 0 bridgehead atoms. The van der Waals surface area contributed by atoms with Crippen molar-refractivity contribution >= 4 is 20.0 Å². The molecule has 0 saturated heterocycles. The number of allylic oxidation sites excluding steroid dienone is 5. The molecule has 0 spiro atoms. The van der Waals surface area contributed by atoms with Crippen molar-refractivity contribution in [3.05, 3.63) is 91.3 Å². The van der Waals surface area contributed by atoms with Gasteiger partial charge in [-0.15, -0.1) is 0 Å². The van der Waals surface area contributed by atoms with Crippen molar-refractivity contribution in [3.8, 4) is 0 Å². The Labute approximate surface area is 183 Å². The van der Waals surface area contributed by atoms with Gasteiger partial charge in [0, 0.05) is 0 Å². The molecule has 2 atom stereocenters. The molecule has 0 nitrogen and oxygen atoms in total. The van der Waals surface area contributed by atoms with Crippen LogP contribution in [-0.2, 0) is 25.8 Å². The first-order valence-electron chi connectivity index (χ1n) is 10.1. The van der Waals surface area contributed by atoms with Crippen LogP contribution in [0.25, 0.3) is 6.08 Å². The zero-order chi connectivity index (χ0) is 20.1. The Morgan fingerprint density at radius 3 is 2.18 bits per heavy atom. The third-order valence-corrected chi connectivity index (χ3v) is 18.3. The van der Waals surface area contributed by atoms with Crippen LogP contribution in [0.2, 0.25) is 0 Å². The summed E-state index contributed by atoms with van der Waals surface area (Å²) in [5.41, 5.74) is 9.39. The van der Waals surface area contributed by atoms with Crippen molar-refractivity contribution in [3.63, 3.8) is 0 Å². The van der Waals surface area contributed by atoms with Gasteiger partial charge < -0.3 is 0 Å². The van der Waals surface area contributed by atoms with Gasteiger partial charge in [0.25, 0.3) is 0 Å². The maximum atomic E-state index is 2.59. The molecule has 2 aliphatic carbocycles. The molecule has 0 radical (unpaired) electrons. The number of aryl methyl sites for hydroxylation is 1. The van der Waals surface area contributed by atoms with E-state index in [2.05, 4.69) is 102 Å². The monoisotopic (exact) mass is 552 g/mol. The van der Waals surface area contributed by atoms with Crippen molar-refractivity contribution in [2.24, 2.45) is 5.41 Å². The van der Waals surface area contributed by atoms with Gasteiger partial charge in [-0.3, -0.25) is 0 Å². The average molecular weight is 551 g/mol. The molecule has 2 heteroatoms. The molecular weight excluding hydrogens is 522 g/mol. The second-order valence-corrected chi connectivity index (χ2v) is 17.6. The Morgan fingerprint density at radius 1 is 0.821 bits per heavy atom. The first-order chi connectivity index (χ1) is 13.3. The van der Waals surface area contributed by atoms with Gasteiger partial charge in [0.15, 0.2) is 0 Å². The minimum absolute atomic E-state index is 0.228. The summed E-state index contributed by atoms with van der Waals surface area (Å²) >= 11 is -1.23. The van der Waals surface area contributed by atoms with E-state index in [1.807, 2.05) is 3.33 Å². The Balaban J connectivity index is 1.83. The quantitative estimate of drug-likeness (QED) is 0.287. The topological polar surface area (TPSA) is 0 Å². The van der Waals surface area contributed by atoms with Gasteiger partial charge in [0.05, 0.1) is 0 Å². The van der Waals surface area contributed by atoms with Gasteiger partial charge in [-0.05, 0) is 0 Å². The number of hydrogen-bond donors (Lipinski definition) is 0. The molecule has 0 heterocycles. The number of hydrogen-bond acceptors (Lipinski definition) is 0. The molecular formula is C26H29HfP. The van der Waals surface area contributed by atoms with Crippen LogP contribution in [0.5, 0.6) is 0 Å². The third-order valence-electron chi connectivity index (χ3n) is 6.76. The Bertz CT molecular complexity index is 1040. The third kappa shape index (κ3) is 3.20. The second-order valence-electron chi connectivity index (χ2n) is 8.67. The summed E-state index contributed by atoms with van der Waals surface area (Å²) in [5, 5.41) is 1.53. The molecule has 2 aromatic rings. The molecule has 0 amide bonds. The van der Waals surface area contributed by atoms with E-state index < -0.39 is 22.9 Å². The summed E-state index contributed by atoms with van der Waals surface area (Å²) in [5.74, 6) is 0. The van der Waals surface area contributed by atoms with Gasteiger partial charge in [0.2, 0.25) is 0 Å². The van der Waals surface area contributed by atoms with E-state index in [0.29, 0.717) is 0 Å². The van der Waals surface area contributed by atoms with E-state index in [4.69, 9.17) is 0 Å². The second kappa shape index (κ2) is 7.33. The molecule has 28 heavy (non-hydrogen) atoms. The predicted octanol–water partition coefficient (Wildman–Crippen LogP) is 6.91. The van der Waals surface area contributed by atoms with Gasteiger partial charge in [-0.25, -0.2) is 0 Å². The van der Waals surface area contributed by atoms with Crippen LogP contribution in [0.4, 0.5) is 0 Å². The van der Waals surface area contributed by atoms with E-state index >= 15 is 0 Å². The molecule has 0 aliphatic heterocycles. The fraction of sp³-hybridized carbons (Fsp3) is 0.308. The Kier molecular flexibility index (Phi) is 5.30. The fourth-order valence-electron chi connectivity index (χ4n) is 4.52. The summed E-state index contributed by atoms with van der Waals surface area (Å²) < 4.78 is 2.06. The van der Waals surface area contributed by atoms with Gasteiger partial charge >= 0.3 is 184 Å². The average Bonchev–Trinajstić information content (AvgIpc) is 3.10. The van der Waals surface area contributed by atoms with Crippen LogP contribution >= 0.6 is 8.58 Å². The first kappa shape index (κ1) is 20.2. The summed E-state index contributed by atoms with van der Waals surface area (Å²) in [6.07, 6.45) is 4.99. The van der Waals surface area contributed by atoms with Crippen LogP contribution in [0.15, 0.2) is 74.7 Å². The van der Waals surface area contributed by atoms with E-state index in [0.717, 1.165) is 8.58 Å². The summed E-state index contributed by atoms with van der Waals surface area (Å²) in [6, 6.07) is 18.1. The zero-order valence-corrected chi connectivity index (χ0v) is 22.4. The summed E-state index contributed by atoms with van der Waals surface area (Å²) in [4.78, 5) is 0. The predicted molar refractivity (Wildman–Crippen MR) is 121 cm³/mol. The summed E-state index contributed by atoms with van der Waals surface area (Å²) in [6.45, 7) is 14.3. The zero-order valence-electron chi connectivity index (χ0n) is 17.8. The van der Waals surface area contributed by atoms with Gasteiger partial charge in [-0.1, -0.05) is 0 Å². The Hall–Kier alpha value is -1.04. The normalized spacial score (nSPS) is 23.2. The number of rotatable bonds is 4. The van der Waals surface area contributed by atoms with Crippen LogP contribution in [0.1, 0.15) is 51.3 Å². The Morgan fingerprint density at radius 2 is 1.50 bits per heavy atom. The maximum absolute atomic E-state index is 2.59. The number of benzene rings is 2.